The van der Waals surface area contributed by atoms with Crippen LogP contribution < -0.4 is 5.32 Å². The van der Waals surface area contributed by atoms with Crippen molar-refractivity contribution in [3.05, 3.63) is 12.2 Å². The van der Waals surface area contributed by atoms with Gasteiger partial charge in [-0.05, 0) is 13.0 Å². The molecule has 0 saturated heterocycles. The lowest BCUT2D eigenvalue weighted by molar-refractivity contribution is -0.0564. The first kappa shape index (κ1) is 14.9. The highest BCUT2D eigenvalue weighted by molar-refractivity contribution is 5.85. The van der Waals surface area contributed by atoms with Gasteiger partial charge in [-0.2, -0.15) is 0 Å². The lowest BCUT2D eigenvalue weighted by Gasteiger charge is -2.31. The van der Waals surface area contributed by atoms with Crippen LogP contribution in [0, 0.1) is 0 Å². The largest absolute Gasteiger partial charge is 0.388 e. The summed E-state index contributed by atoms with van der Waals surface area (Å²) in [5.74, 6) is 0. The van der Waals surface area contributed by atoms with Crippen molar-refractivity contribution in [3.8, 4) is 0 Å². The lowest BCUT2D eigenvalue weighted by Crippen LogP contribution is -2.52. The van der Waals surface area contributed by atoms with Crippen LogP contribution in [0.3, 0.4) is 0 Å². The average molecular weight is 238 g/mol. The van der Waals surface area contributed by atoms with Crippen LogP contribution in [0.1, 0.15) is 19.8 Å². The molecule has 4 nitrogen and oxygen atoms in total. The zero-order chi connectivity index (χ0) is 10.6. The number of unbranched alkanes of at least 4 members (excludes halogenated alkanes) is 1. The average Bonchev–Trinajstić information content (AvgIpc) is 2.18. The Labute approximate surface area is 96.4 Å². The van der Waals surface area contributed by atoms with Gasteiger partial charge in [-0.15, -0.1) is 12.4 Å². The standard InChI is InChI=1S/C10H19NO3.ClH/c1-2-3-6-11-7-4-5-8(12)10(14)9(7)13;/h4-5,7-14H,2-3,6H2,1H3;1H/t7-,8+,9+,10+;/m1./s1. The van der Waals surface area contributed by atoms with Crippen molar-refractivity contribution < 1.29 is 15.3 Å². The topological polar surface area (TPSA) is 72.7 Å². The molecule has 0 unspecified atom stereocenters. The first-order chi connectivity index (χ1) is 6.66. The van der Waals surface area contributed by atoms with E-state index in [1.54, 1.807) is 6.08 Å². The SMILES string of the molecule is CCCCN[C@@H]1C=C[C@H](O)[C@H](O)[C@H]1O.Cl. The smallest absolute Gasteiger partial charge is 0.111 e. The number of rotatable bonds is 4. The number of hydrogen-bond acceptors (Lipinski definition) is 4. The van der Waals surface area contributed by atoms with Crippen LogP contribution in [0.5, 0.6) is 0 Å². The molecule has 0 aromatic heterocycles. The molecule has 15 heavy (non-hydrogen) atoms. The van der Waals surface area contributed by atoms with Gasteiger partial charge >= 0.3 is 0 Å². The zero-order valence-corrected chi connectivity index (χ0v) is 9.65. The molecule has 1 rings (SSSR count). The summed E-state index contributed by atoms with van der Waals surface area (Å²) in [6, 6.07) is -0.250. The molecule has 1 aliphatic carbocycles. The van der Waals surface area contributed by atoms with Crippen molar-refractivity contribution >= 4 is 12.4 Å². The Kier molecular flexibility index (Phi) is 7.13. The number of nitrogens with one attached hydrogen (secondary N) is 1. The van der Waals surface area contributed by atoms with E-state index < -0.39 is 18.3 Å². The summed E-state index contributed by atoms with van der Waals surface area (Å²) in [7, 11) is 0. The van der Waals surface area contributed by atoms with Gasteiger partial charge in [0.15, 0.2) is 0 Å². The molecule has 5 heteroatoms. The van der Waals surface area contributed by atoms with Crippen molar-refractivity contribution in [2.75, 3.05) is 6.54 Å². The maximum absolute atomic E-state index is 9.58. The highest BCUT2D eigenvalue weighted by Crippen LogP contribution is 2.13. The molecule has 0 spiro atoms. The van der Waals surface area contributed by atoms with E-state index in [0.717, 1.165) is 19.4 Å². The molecule has 0 aromatic rings. The predicted molar refractivity (Wildman–Crippen MR) is 61.1 cm³/mol. The molecule has 0 heterocycles. The monoisotopic (exact) mass is 237 g/mol. The van der Waals surface area contributed by atoms with Crippen molar-refractivity contribution in [2.24, 2.45) is 0 Å². The second-order valence-corrected chi connectivity index (χ2v) is 3.69. The van der Waals surface area contributed by atoms with E-state index in [9.17, 15) is 15.3 Å². The number of aliphatic hydroxyl groups is 3. The van der Waals surface area contributed by atoms with Gasteiger partial charge in [0.25, 0.3) is 0 Å². The van der Waals surface area contributed by atoms with E-state index in [1.807, 2.05) is 0 Å². The van der Waals surface area contributed by atoms with Crippen LogP contribution in [0.15, 0.2) is 12.2 Å². The fourth-order valence-corrected chi connectivity index (χ4v) is 1.51. The van der Waals surface area contributed by atoms with Crippen LogP contribution in [0.25, 0.3) is 0 Å². The summed E-state index contributed by atoms with van der Waals surface area (Å²) >= 11 is 0. The van der Waals surface area contributed by atoms with Crippen LogP contribution in [0.4, 0.5) is 0 Å². The van der Waals surface area contributed by atoms with Gasteiger partial charge in [0, 0.05) is 0 Å². The first-order valence-corrected chi connectivity index (χ1v) is 5.12. The summed E-state index contributed by atoms with van der Waals surface area (Å²) in [6.45, 7) is 2.90. The van der Waals surface area contributed by atoms with Crippen LogP contribution in [0.2, 0.25) is 0 Å². The maximum atomic E-state index is 9.58. The molecule has 0 fully saturated rings. The molecule has 4 N–H and O–H groups in total. The van der Waals surface area contributed by atoms with E-state index in [0.29, 0.717) is 0 Å². The zero-order valence-electron chi connectivity index (χ0n) is 8.84. The van der Waals surface area contributed by atoms with Gasteiger partial charge in [-0.25, -0.2) is 0 Å². The Morgan fingerprint density at radius 1 is 1.13 bits per heavy atom. The second-order valence-electron chi connectivity index (χ2n) is 3.69. The lowest BCUT2D eigenvalue weighted by atomic mass is 9.94. The fourth-order valence-electron chi connectivity index (χ4n) is 1.51. The van der Waals surface area contributed by atoms with E-state index >= 15 is 0 Å². The number of halogens is 1. The van der Waals surface area contributed by atoms with Crippen LogP contribution in [-0.4, -0.2) is 46.2 Å². The Bertz CT molecular complexity index is 201. The molecule has 0 amide bonds. The Morgan fingerprint density at radius 2 is 1.80 bits per heavy atom. The predicted octanol–water partition coefficient (Wildman–Crippen LogP) is -0.181. The number of hydrogen-bond donors (Lipinski definition) is 4. The maximum Gasteiger partial charge on any atom is 0.111 e. The molecular formula is C10H20ClNO3. The third-order valence-corrected chi connectivity index (χ3v) is 2.49. The third-order valence-electron chi connectivity index (χ3n) is 2.49. The van der Waals surface area contributed by atoms with E-state index in [-0.39, 0.29) is 18.4 Å². The Balaban J connectivity index is 0.00000196. The van der Waals surface area contributed by atoms with E-state index in [1.165, 1.54) is 6.08 Å². The highest BCUT2D eigenvalue weighted by Gasteiger charge is 2.32. The van der Waals surface area contributed by atoms with Gasteiger partial charge < -0.3 is 20.6 Å². The molecule has 1 aliphatic rings. The quantitative estimate of drug-likeness (QED) is 0.404. The minimum absolute atomic E-state index is 0. The molecule has 0 aliphatic heterocycles. The van der Waals surface area contributed by atoms with Gasteiger partial charge in [0.1, 0.15) is 18.3 Å². The van der Waals surface area contributed by atoms with Crippen molar-refractivity contribution in [3.63, 3.8) is 0 Å². The summed E-state index contributed by atoms with van der Waals surface area (Å²) in [5.41, 5.74) is 0. The van der Waals surface area contributed by atoms with Crippen LogP contribution >= 0.6 is 12.4 Å². The minimum Gasteiger partial charge on any atom is -0.388 e. The summed E-state index contributed by atoms with van der Waals surface area (Å²) in [5, 5.41) is 31.3. The highest BCUT2D eigenvalue weighted by atomic mass is 35.5. The third kappa shape index (κ3) is 4.09. The summed E-state index contributed by atoms with van der Waals surface area (Å²) < 4.78 is 0. The van der Waals surface area contributed by atoms with Gasteiger partial charge in [0.05, 0.1) is 6.04 Å². The molecule has 0 aromatic carbocycles. The molecule has 90 valence electrons. The van der Waals surface area contributed by atoms with E-state index in [2.05, 4.69) is 12.2 Å². The fraction of sp³-hybridized carbons (Fsp3) is 0.800. The molecule has 0 saturated carbocycles. The first-order valence-electron chi connectivity index (χ1n) is 5.12. The van der Waals surface area contributed by atoms with Gasteiger partial charge in [0.2, 0.25) is 0 Å². The Hall–Kier alpha value is -0.130. The van der Waals surface area contributed by atoms with Gasteiger partial charge in [-0.1, -0.05) is 25.5 Å². The summed E-state index contributed by atoms with van der Waals surface area (Å²) in [4.78, 5) is 0. The van der Waals surface area contributed by atoms with Crippen molar-refractivity contribution in [1.82, 2.24) is 5.32 Å². The van der Waals surface area contributed by atoms with E-state index in [4.69, 9.17) is 0 Å². The Morgan fingerprint density at radius 3 is 2.40 bits per heavy atom. The molecule has 4 atom stereocenters. The van der Waals surface area contributed by atoms with Crippen LogP contribution in [-0.2, 0) is 0 Å². The molecule has 0 bridgehead atoms. The second kappa shape index (κ2) is 7.19. The van der Waals surface area contributed by atoms with Crippen molar-refractivity contribution in [2.45, 2.75) is 44.1 Å². The molecular weight excluding hydrogens is 218 g/mol. The minimum atomic E-state index is -1.08. The van der Waals surface area contributed by atoms with Crippen molar-refractivity contribution in [1.29, 1.82) is 0 Å². The number of aliphatic hydroxyl groups excluding tert-OH is 3. The normalized spacial score (nSPS) is 34.9. The van der Waals surface area contributed by atoms with Gasteiger partial charge in [-0.3, -0.25) is 0 Å². The molecule has 0 radical (unpaired) electrons. The summed E-state index contributed by atoms with van der Waals surface area (Å²) in [6.07, 6.45) is 2.39.